The lowest BCUT2D eigenvalue weighted by Crippen LogP contribution is -2.17. The molecule has 2 rings (SSSR count). The van der Waals surface area contributed by atoms with E-state index in [1.165, 1.54) is 6.07 Å². The Labute approximate surface area is 125 Å². The first-order chi connectivity index (χ1) is 9.66. The molecule has 0 unspecified atom stereocenters. The van der Waals surface area contributed by atoms with Crippen molar-refractivity contribution in [3.8, 4) is 0 Å². The molecule has 1 aromatic heterocycles. The van der Waals surface area contributed by atoms with Gasteiger partial charge in [0.25, 0.3) is 0 Å². The minimum absolute atomic E-state index is 0.167. The zero-order valence-corrected chi connectivity index (χ0v) is 12.4. The van der Waals surface area contributed by atoms with Crippen LogP contribution in [0.2, 0.25) is 5.15 Å². The largest absolute Gasteiger partial charge is 0.338 e. The Hall–Kier alpha value is -1.82. The maximum absolute atomic E-state index is 13.6. The first-order valence-corrected chi connectivity index (χ1v) is 6.51. The van der Waals surface area contributed by atoms with Gasteiger partial charge in [-0.2, -0.15) is 0 Å². The molecule has 0 atom stereocenters. The van der Waals surface area contributed by atoms with Gasteiger partial charge in [-0.3, -0.25) is 0 Å². The third-order valence-electron chi connectivity index (χ3n) is 2.64. The fraction of sp³-hybridized carbons (Fsp3) is 0.286. The van der Waals surface area contributed by atoms with E-state index in [0.29, 0.717) is 11.9 Å². The van der Waals surface area contributed by atoms with Crippen molar-refractivity contribution in [1.82, 2.24) is 9.97 Å². The number of hydrogen-bond acceptors (Lipinski definition) is 3. The van der Waals surface area contributed by atoms with E-state index in [1.54, 1.807) is 0 Å². The number of hydrogen-bond donors (Lipinski definition) is 1. The normalized spacial score (nSPS) is 11.6. The van der Waals surface area contributed by atoms with Crippen LogP contribution < -0.4 is 5.32 Å². The van der Waals surface area contributed by atoms with Crippen molar-refractivity contribution in [2.75, 3.05) is 5.32 Å². The van der Waals surface area contributed by atoms with Crippen LogP contribution in [0.4, 0.5) is 24.7 Å². The Morgan fingerprint density at radius 2 is 1.57 bits per heavy atom. The number of halogens is 4. The molecule has 0 aliphatic carbocycles. The Bertz CT molecular complexity index is 684. The summed E-state index contributed by atoms with van der Waals surface area (Å²) in [4.78, 5) is 8.29. The Morgan fingerprint density at radius 3 is 2.19 bits per heavy atom. The zero-order chi connectivity index (χ0) is 15.8. The Balaban J connectivity index is 2.40. The van der Waals surface area contributed by atoms with E-state index in [4.69, 9.17) is 11.6 Å². The van der Waals surface area contributed by atoms with Crippen molar-refractivity contribution in [3.05, 3.63) is 46.6 Å². The minimum atomic E-state index is -1.26. The molecule has 21 heavy (non-hydrogen) atoms. The summed E-state index contributed by atoms with van der Waals surface area (Å²) < 4.78 is 39.7. The van der Waals surface area contributed by atoms with Crippen LogP contribution in [0.5, 0.6) is 0 Å². The van der Waals surface area contributed by atoms with Crippen molar-refractivity contribution >= 4 is 23.1 Å². The van der Waals surface area contributed by atoms with Gasteiger partial charge >= 0.3 is 0 Å². The predicted octanol–water partition coefficient (Wildman–Crippen LogP) is 4.59. The number of rotatable bonds is 2. The molecule has 1 aromatic carbocycles. The van der Waals surface area contributed by atoms with Crippen LogP contribution in [0.25, 0.3) is 0 Å². The van der Waals surface area contributed by atoms with E-state index in [0.717, 1.165) is 6.07 Å². The van der Waals surface area contributed by atoms with Crippen molar-refractivity contribution in [3.63, 3.8) is 0 Å². The monoisotopic (exact) mass is 315 g/mol. The Morgan fingerprint density at radius 1 is 0.952 bits per heavy atom. The molecular weight excluding hydrogens is 303 g/mol. The van der Waals surface area contributed by atoms with Gasteiger partial charge < -0.3 is 5.32 Å². The van der Waals surface area contributed by atoms with Crippen LogP contribution >= 0.6 is 11.6 Å². The smallest absolute Gasteiger partial charge is 0.161 e. The van der Waals surface area contributed by atoms with E-state index < -0.39 is 17.5 Å². The fourth-order valence-electron chi connectivity index (χ4n) is 1.57. The second-order valence-electron chi connectivity index (χ2n) is 5.52. The first-order valence-electron chi connectivity index (χ1n) is 6.13. The zero-order valence-electron chi connectivity index (χ0n) is 11.6. The van der Waals surface area contributed by atoms with Crippen molar-refractivity contribution in [2.24, 2.45) is 0 Å². The van der Waals surface area contributed by atoms with Crippen molar-refractivity contribution in [2.45, 2.75) is 26.2 Å². The SMILES string of the molecule is CC(C)(C)c1nc(Cl)cc(Nc2cc(F)c(F)cc2F)n1. The molecular formula is C14H13ClF3N3. The summed E-state index contributed by atoms with van der Waals surface area (Å²) in [6.07, 6.45) is 0. The number of anilines is 2. The summed E-state index contributed by atoms with van der Waals surface area (Å²) in [5.74, 6) is -2.70. The molecule has 0 saturated carbocycles. The second-order valence-corrected chi connectivity index (χ2v) is 5.91. The van der Waals surface area contributed by atoms with Gasteiger partial charge in [0.2, 0.25) is 0 Å². The summed E-state index contributed by atoms with van der Waals surface area (Å²) >= 11 is 5.90. The lowest BCUT2D eigenvalue weighted by molar-refractivity contribution is 0.496. The quantitative estimate of drug-likeness (QED) is 0.650. The molecule has 0 saturated heterocycles. The molecule has 0 aliphatic heterocycles. The van der Waals surface area contributed by atoms with Crippen LogP contribution in [0.15, 0.2) is 18.2 Å². The van der Waals surface area contributed by atoms with Crippen molar-refractivity contribution in [1.29, 1.82) is 0 Å². The molecule has 0 spiro atoms. The third kappa shape index (κ3) is 3.64. The summed E-state index contributed by atoms with van der Waals surface area (Å²) in [5.41, 5.74) is -0.600. The highest BCUT2D eigenvalue weighted by molar-refractivity contribution is 6.29. The molecule has 0 amide bonds. The second kappa shape index (κ2) is 5.52. The van der Waals surface area contributed by atoms with E-state index in [1.807, 2.05) is 20.8 Å². The molecule has 7 heteroatoms. The van der Waals surface area contributed by atoms with Gasteiger partial charge in [-0.1, -0.05) is 32.4 Å². The van der Waals surface area contributed by atoms with Gasteiger partial charge in [0.1, 0.15) is 22.6 Å². The summed E-state index contributed by atoms with van der Waals surface area (Å²) in [5, 5.41) is 2.74. The molecule has 0 radical (unpaired) electrons. The summed E-state index contributed by atoms with van der Waals surface area (Å²) in [6.45, 7) is 5.67. The molecule has 0 bridgehead atoms. The maximum atomic E-state index is 13.6. The number of nitrogens with one attached hydrogen (secondary N) is 1. The minimum Gasteiger partial charge on any atom is -0.338 e. The van der Waals surface area contributed by atoms with E-state index in [9.17, 15) is 13.2 Å². The van der Waals surface area contributed by atoms with E-state index in [2.05, 4.69) is 15.3 Å². The van der Waals surface area contributed by atoms with Crippen LogP contribution in [-0.2, 0) is 5.41 Å². The van der Waals surface area contributed by atoms with Crippen LogP contribution in [-0.4, -0.2) is 9.97 Å². The molecule has 0 fully saturated rings. The predicted molar refractivity (Wildman–Crippen MR) is 75.3 cm³/mol. The van der Waals surface area contributed by atoms with Crippen LogP contribution in [0, 0.1) is 17.5 Å². The third-order valence-corrected chi connectivity index (χ3v) is 2.83. The standard InChI is InChI=1S/C14H13ClF3N3/c1-14(2,3)13-20-11(15)6-12(21-13)19-10-5-8(17)7(16)4-9(10)18/h4-6H,1-3H3,(H,19,20,21). The average molecular weight is 316 g/mol. The van der Waals surface area contributed by atoms with Crippen molar-refractivity contribution < 1.29 is 13.2 Å². The average Bonchev–Trinajstić information content (AvgIpc) is 2.34. The molecule has 3 nitrogen and oxygen atoms in total. The number of nitrogens with zero attached hydrogens (tertiary/aromatic N) is 2. The highest BCUT2D eigenvalue weighted by Crippen LogP contribution is 2.26. The highest BCUT2D eigenvalue weighted by atomic mass is 35.5. The Kier molecular flexibility index (Phi) is 4.09. The first kappa shape index (κ1) is 15.6. The summed E-state index contributed by atoms with van der Waals surface area (Å²) in [7, 11) is 0. The van der Waals surface area contributed by atoms with Gasteiger partial charge in [-0.25, -0.2) is 23.1 Å². The molecule has 1 N–H and O–H groups in total. The summed E-state index contributed by atoms with van der Waals surface area (Å²) in [6, 6.07) is 2.56. The van der Waals surface area contributed by atoms with Crippen LogP contribution in [0.3, 0.4) is 0 Å². The molecule has 1 heterocycles. The van der Waals surface area contributed by atoms with Gasteiger partial charge in [0, 0.05) is 23.6 Å². The van der Waals surface area contributed by atoms with Gasteiger partial charge in [-0.05, 0) is 0 Å². The van der Waals surface area contributed by atoms with Gasteiger partial charge in [0.15, 0.2) is 11.6 Å². The molecule has 112 valence electrons. The maximum Gasteiger partial charge on any atom is 0.161 e. The van der Waals surface area contributed by atoms with E-state index in [-0.39, 0.29) is 22.1 Å². The highest BCUT2D eigenvalue weighted by Gasteiger charge is 2.19. The lowest BCUT2D eigenvalue weighted by Gasteiger charge is -2.18. The van der Waals surface area contributed by atoms with Crippen LogP contribution in [0.1, 0.15) is 26.6 Å². The van der Waals surface area contributed by atoms with Gasteiger partial charge in [-0.15, -0.1) is 0 Å². The molecule has 0 aliphatic rings. The molecule has 2 aromatic rings. The fourth-order valence-corrected chi connectivity index (χ4v) is 1.76. The van der Waals surface area contributed by atoms with Gasteiger partial charge in [0.05, 0.1) is 5.69 Å². The topological polar surface area (TPSA) is 37.8 Å². The van der Waals surface area contributed by atoms with E-state index >= 15 is 0 Å². The number of aromatic nitrogens is 2. The lowest BCUT2D eigenvalue weighted by atomic mass is 9.96. The number of benzene rings is 1.